The summed E-state index contributed by atoms with van der Waals surface area (Å²) in [5.41, 5.74) is 0.435. The molecule has 1 fully saturated rings. The Labute approximate surface area is 125 Å². The molecule has 1 N–H and O–H groups in total. The SMILES string of the molecule is CCC(=O)c1cccc(S(=O)(=O)N2CCC(CCO)C2)c1. The molecule has 0 saturated carbocycles. The number of aliphatic hydroxyl groups is 1. The van der Waals surface area contributed by atoms with Gasteiger partial charge in [0.1, 0.15) is 0 Å². The van der Waals surface area contributed by atoms with Gasteiger partial charge in [0, 0.05) is 31.7 Å². The van der Waals surface area contributed by atoms with E-state index in [1.807, 2.05) is 0 Å². The number of aliphatic hydroxyl groups excluding tert-OH is 1. The summed E-state index contributed by atoms with van der Waals surface area (Å²) in [5.74, 6) is 0.150. The van der Waals surface area contributed by atoms with Gasteiger partial charge in [0.05, 0.1) is 4.90 Å². The van der Waals surface area contributed by atoms with Crippen molar-refractivity contribution >= 4 is 15.8 Å². The van der Waals surface area contributed by atoms with Crippen LogP contribution in [0.15, 0.2) is 29.2 Å². The second-order valence-electron chi connectivity index (χ2n) is 5.33. The molecular weight excluding hydrogens is 290 g/mol. The molecular formula is C15H21NO4S. The fourth-order valence-corrected chi connectivity index (χ4v) is 4.19. The number of benzene rings is 1. The zero-order chi connectivity index (χ0) is 15.5. The van der Waals surface area contributed by atoms with Gasteiger partial charge >= 0.3 is 0 Å². The summed E-state index contributed by atoms with van der Waals surface area (Å²) in [6.07, 6.45) is 1.75. The first-order valence-electron chi connectivity index (χ1n) is 7.23. The maximum absolute atomic E-state index is 12.6. The molecule has 1 saturated heterocycles. The fourth-order valence-electron chi connectivity index (χ4n) is 2.62. The van der Waals surface area contributed by atoms with Gasteiger partial charge < -0.3 is 5.11 Å². The molecule has 0 bridgehead atoms. The second-order valence-corrected chi connectivity index (χ2v) is 7.27. The average Bonchev–Trinajstić information content (AvgIpc) is 2.96. The van der Waals surface area contributed by atoms with E-state index in [1.165, 1.54) is 16.4 Å². The molecule has 0 spiro atoms. The summed E-state index contributed by atoms with van der Waals surface area (Å²) in [6.45, 7) is 2.75. The number of carbonyl (C=O) groups is 1. The Hall–Kier alpha value is -1.24. The molecule has 1 aliphatic heterocycles. The molecule has 6 heteroatoms. The van der Waals surface area contributed by atoms with Gasteiger partial charge in [0.2, 0.25) is 10.0 Å². The monoisotopic (exact) mass is 311 g/mol. The van der Waals surface area contributed by atoms with Crippen molar-refractivity contribution in [2.45, 2.75) is 31.1 Å². The highest BCUT2D eigenvalue weighted by molar-refractivity contribution is 7.89. The summed E-state index contributed by atoms with van der Waals surface area (Å²) in [7, 11) is -3.55. The van der Waals surface area contributed by atoms with Crippen LogP contribution in [-0.2, 0) is 10.0 Å². The summed E-state index contributed by atoms with van der Waals surface area (Å²) in [5, 5.41) is 8.95. The van der Waals surface area contributed by atoms with E-state index in [9.17, 15) is 13.2 Å². The Morgan fingerprint density at radius 3 is 2.86 bits per heavy atom. The van der Waals surface area contributed by atoms with Crippen LogP contribution in [0.4, 0.5) is 0 Å². The Morgan fingerprint density at radius 1 is 1.43 bits per heavy atom. The van der Waals surface area contributed by atoms with Crippen LogP contribution < -0.4 is 0 Å². The zero-order valence-electron chi connectivity index (χ0n) is 12.2. The molecule has 0 amide bonds. The number of hydrogen-bond acceptors (Lipinski definition) is 4. The third kappa shape index (κ3) is 3.51. The first-order chi connectivity index (χ1) is 9.98. The van der Waals surface area contributed by atoms with Crippen molar-refractivity contribution in [2.75, 3.05) is 19.7 Å². The predicted octanol–water partition coefficient (Wildman–Crippen LogP) is 1.67. The molecule has 1 unspecified atom stereocenters. The van der Waals surface area contributed by atoms with Gasteiger partial charge in [-0.1, -0.05) is 19.1 Å². The molecule has 0 radical (unpaired) electrons. The van der Waals surface area contributed by atoms with Crippen LogP contribution in [0.2, 0.25) is 0 Å². The molecule has 1 aromatic rings. The first kappa shape index (κ1) is 16.1. The second kappa shape index (κ2) is 6.68. The number of carbonyl (C=O) groups excluding carboxylic acids is 1. The average molecular weight is 311 g/mol. The van der Waals surface area contributed by atoms with Gasteiger partial charge in [-0.2, -0.15) is 4.31 Å². The first-order valence-corrected chi connectivity index (χ1v) is 8.67. The molecule has 116 valence electrons. The Kier molecular flexibility index (Phi) is 5.13. The van der Waals surface area contributed by atoms with Crippen LogP contribution in [0.3, 0.4) is 0 Å². The Morgan fingerprint density at radius 2 is 2.19 bits per heavy atom. The fraction of sp³-hybridized carbons (Fsp3) is 0.533. The lowest BCUT2D eigenvalue weighted by atomic mass is 10.1. The van der Waals surface area contributed by atoms with Gasteiger partial charge in [-0.15, -0.1) is 0 Å². The molecule has 21 heavy (non-hydrogen) atoms. The maximum atomic E-state index is 12.6. The van der Waals surface area contributed by atoms with Crippen molar-refractivity contribution in [1.29, 1.82) is 0 Å². The van der Waals surface area contributed by atoms with Crippen LogP contribution in [0.25, 0.3) is 0 Å². The summed E-state index contributed by atoms with van der Waals surface area (Å²) >= 11 is 0. The smallest absolute Gasteiger partial charge is 0.243 e. The van der Waals surface area contributed by atoms with E-state index in [-0.39, 0.29) is 23.2 Å². The van der Waals surface area contributed by atoms with E-state index in [2.05, 4.69) is 0 Å². The lowest BCUT2D eigenvalue weighted by Crippen LogP contribution is -2.29. The van der Waals surface area contributed by atoms with E-state index in [1.54, 1.807) is 19.1 Å². The van der Waals surface area contributed by atoms with Crippen molar-refractivity contribution in [1.82, 2.24) is 4.31 Å². The maximum Gasteiger partial charge on any atom is 0.243 e. The minimum Gasteiger partial charge on any atom is -0.396 e. The summed E-state index contributed by atoms with van der Waals surface area (Å²) < 4.78 is 26.6. The highest BCUT2D eigenvalue weighted by atomic mass is 32.2. The molecule has 1 aromatic carbocycles. The summed E-state index contributed by atoms with van der Waals surface area (Å²) in [4.78, 5) is 11.9. The molecule has 1 aliphatic rings. The predicted molar refractivity (Wildman–Crippen MR) is 79.6 cm³/mol. The van der Waals surface area contributed by atoms with Crippen LogP contribution in [0, 0.1) is 5.92 Å². The van der Waals surface area contributed by atoms with E-state index in [4.69, 9.17) is 5.11 Å². The normalized spacial score (nSPS) is 19.8. The number of Topliss-reactive ketones (excluding diaryl/α,β-unsaturated/α-hetero) is 1. The number of hydrogen-bond donors (Lipinski definition) is 1. The largest absolute Gasteiger partial charge is 0.396 e. The van der Waals surface area contributed by atoms with Gasteiger partial charge in [-0.25, -0.2) is 8.42 Å². The number of ketones is 1. The highest BCUT2D eigenvalue weighted by Gasteiger charge is 2.32. The minimum atomic E-state index is -3.55. The number of rotatable bonds is 6. The van der Waals surface area contributed by atoms with Crippen molar-refractivity contribution in [3.8, 4) is 0 Å². The van der Waals surface area contributed by atoms with Crippen molar-refractivity contribution < 1.29 is 18.3 Å². The lowest BCUT2D eigenvalue weighted by molar-refractivity contribution is 0.0988. The minimum absolute atomic E-state index is 0.0633. The Bertz CT molecular complexity index is 612. The molecule has 0 aliphatic carbocycles. The number of sulfonamides is 1. The molecule has 0 aromatic heterocycles. The van der Waals surface area contributed by atoms with E-state index >= 15 is 0 Å². The third-order valence-electron chi connectivity index (χ3n) is 3.90. The quantitative estimate of drug-likeness (QED) is 0.811. The molecule has 1 heterocycles. The van der Waals surface area contributed by atoms with Crippen LogP contribution in [0.5, 0.6) is 0 Å². The number of nitrogens with zero attached hydrogens (tertiary/aromatic N) is 1. The standard InChI is InChI=1S/C15H21NO4S/c1-2-15(18)13-4-3-5-14(10-13)21(19,20)16-8-6-12(11-16)7-9-17/h3-5,10,12,17H,2,6-9,11H2,1H3. The molecule has 2 rings (SSSR count). The van der Waals surface area contributed by atoms with Gasteiger partial charge in [0.25, 0.3) is 0 Å². The van der Waals surface area contributed by atoms with Crippen LogP contribution in [-0.4, -0.2) is 43.3 Å². The lowest BCUT2D eigenvalue weighted by Gasteiger charge is -2.17. The van der Waals surface area contributed by atoms with Crippen molar-refractivity contribution in [3.05, 3.63) is 29.8 Å². The van der Waals surface area contributed by atoms with Gasteiger partial charge in [-0.05, 0) is 30.9 Å². The third-order valence-corrected chi connectivity index (χ3v) is 5.76. The van der Waals surface area contributed by atoms with E-state index in [0.29, 0.717) is 31.5 Å². The topological polar surface area (TPSA) is 74.7 Å². The van der Waals surface area contributed by atoms with Crippen LogP contribution >= 0.6 is 0 Å². The highest BCUT2D eigenvalue weighted by Crippen LogP contribution is 2.26. The van der Waals surface area contributed by atoms with Crippen LogP contribution in [0.1, 0.15) is 36.5 Å². The summed E-state index contributed by atoms with van der Waals surface area (Å²) in [6, 6.07) is 6.24. The van der Waals surface area contributed by atoms with E-state index in [0.717, 1.165) is 6.42 Å². The van der Waals surface area contributed by atoms with Crippen molar-refractivity contribution in [2.24, 2.45) is 5.92 Å². The Balaban J connectivity index is 2.22. The van der Waals surface area contributed by atoms with Crippen molar-refractivity contribution in [3.63, 3.8) is 0 Å². The van der Waals surface area contributed by atoms with Gasteiger partial charge in [0.15, 0.2) is 5.78 Å². The molecule has 1 atom stereocenters. The zero-order valence-corrected chi connectivity index (χ0v) is 13.0. The van der Waals surface area contributed by atoms with Gasteiger partial charge in [-0.3, -0.25) is 4.79 Å². The van der Waals surface area contributed by atoms with E-state index < -0.39 is 10.0 Å². The molecule has 5 nitrogen and oxygen atoms in total.